The molecule has 2 heterocycles. The fourth-order valence-corrected chi connectivity index (χ4v) is 1.90. The molecule has 0 saturated heterocycles. The molecular formula is C15H18N4O3. The van der Waals surface area contributed by atoms with Crippen LogP contribution in [-0.4, -0.2) is 33.4 Å². The van der Waals surface area contributed by atoms with Gasteiger partial charge in [-0.2, -0.15) is 0 Å². The molecule has 0 bridgehead atoms. The van der Waals surface area contributed by atoms with Crippen LogP contribution >= 0.6 is 0 Å². The minimum Gasteiger partial charge on any atom is -0.360 e. The number of rotatable bonds is 6. The summed E-state index contributed by atoms with van der Waals surface area (Å²) >= 11 is 0. The van der Waals surface area contributed by atoms with Gasteiger partial charge in [0.1, 0.15) is 5.76 Å². The third-order valence-electron chi connectivity index (χ3n) is 3.03. The standard InChI is InChI=1S/C15H18N4O3/c1-11-9-14(18-22-11)17-15(21)6-8-19(12(2)20)10-13-5-3-4-7-16-13/h3-5,7,9H,6,8,10H2,1-2H3,(H,17,18,21). The predicted molar refractivity (Wildman–Crippen MR) is 79.8 cm³/mol. The number of amides is 2. The molecule has 7 heteroatoms. The summed E-state index contributed by atoms with van der Waals surface area (Å²) in [5, 5.41) is 6.31. The van der Waals surface area contributed by atoms with E-state index in [2.05, 4.69) is 15.5 Å². The van der Waals surface area contributed by atoms with E-state index in [0.29, 0.717) is 24.7 Å². The Kier molecular flexibility index (Phi) is 5.24. The van der Waals surface area contributed by atoms with Crippen molar-refractivity contribution in [1.29, 1.82) is 0 Å². The van der Waals surface area contributed by atoms with Gasteiger partial charge in [-0.3, -0.25) is 14.6 Å². The Morgan fingerprint density at radius 2 is 2.18 bits per heavy atom. The minimum atomic E-state index is -0.222. The summed E-state index contributed by atoms with van der Waals surface area (Å²) in [5.74, 6) is 0.675. The van der Waals surface area contributed by atoms with Gasteiger partial charge in [0.05, 0.1) is 12.2 Å². The molecule has 7 nitrogen and oxygen atoms in total. The summed E-state index contributed by atoms with van der Waals surface area (Å²) in [6, 6.07) is 7.15. The zero-order valence-electron chi connectivity index (χ0n) is 12.6. The number of aromatic nitrogens is 2. The highest BCUT2D eigenvalue weighted by Crippen LogP contribution is 2.08. The van der Waals surface area contributed by atoms with E-state index >= 15 is 0 Å². The largest absolute Gasteiger partial charge is 0.360 e. The molecule has 2 aromatic heterocycles. The van der Waals surface area contributed by atoms with Crippen molar-refractivity contribution in [3.05, 3.63) is 41.9 Å². The van der Waals surface area contributed by atoms with Gasteiger partial charge < -0.3 is 14.7 Å². The van der Waals surface area contributed by atoms with Crippen molar-refractivity contribution in [2.24, 2.45) is 0 Å². The minimum absolute atomic E-state index is 0.101. The molecule has 0 aliphatic carbocycles. The molecule has 0 aliphatic rings. The van der Waals surface area contributed by atoms with Gasteiger partial charge in [-0.25, -0.2) is 0 Å². The molecule has 2 rings (SSSR count). The molecule has 0 spiro atoms. The normalized spacial score (nSPS) is 10.3. The molecular weight excluding hydrogens is 284 g/mol. The second-order valence-electron chi connectivity index (χ2n) is 4.88. The Morgan fingerprint density at radius 1 is 1.36 bits per heavy atom. The summed E-state index contributed by atoms with van der Waals surface area (Å²) < 4.78 is 4.87. The molecule has 2 amide bonds. The molecule has 0 radical (unpaired) electrons. The number of carbonyl (C=O) groups is 2. The van der Waals surface area contributed by atoms with Crippen molar-refractivity contribution < 1.29 is 14.1 Å². The van der Waals surface area contributed by atoms with E-state index in [1.165, 1.54) is 6.92 Å². The molecule has 0 aromatic carbocycles. The van der Waals surface area contributed by atoms with Crippen molar-refractivity contribution in [2.45, 2.75) is 26.8 Å². The van der Waals surface area contributed by atoms with Gasteiger partial charge in [0.15, 0.2) is 5.82 Å². The van der Waals surface area contributed by atoms with Crippen LogP contribution in [0.15, 0.2) is 35.0 Å². The van der Waals surface area contributed by atoms with Crippen LogP contribution < -0.4 is 5.32 Å². The Labute approximate surface area is 128 Å². The number of hydrogen-bond donors (Lipinski definition) is 1. The van der Waals surface area contributed by atoms with Crippen LogP contribution in [0.5, 0.6) is 0 Å². The van der Waals surface area contributed by atoms with Crippen LogP contribution in [0.1, 0.15) is 24.8 Å². The lowest BCUT2D eigenvalue weighted by atomic mass is 10.3. The zero-order valence-corrected chi connectivity index (χ0v) is 12.6. The maximum atomic E-state index is 11.9. The molecule has 0 fully saturated rings. The van der Waals surface area contributed by atoms with Crippen LogP contribution in [-0.2, 0) is 16.1 Å². The molecule has 0 unspecified atom stereocenters. The third-order valence-corrected chi connectivity index (χ3v) is 3.03. The number of nitrogens with zero attached hydrogens (tertiary/aromatic N) is 3. The lowest BCUT2D eigenvalue weighted by Gasteiger charge is -2.20. The van der Waals surface area contributed by atoms with Crippen molar-refractivity contribution >= 4 is 17.6 Å². The lowest BCUT2D eigenvalue weighted by molar-refractivity contribution is -0.130. The van der Waals surface area contributed by atoms with Crippen LogP contribution in [0.3, 0.4) is 0 Å². The number of hydrogen-bond acceptors (Lipinski definition) is 5. The average Bonchev–Trinajstić information content (AvgIpc) is 2.89. The summed E-state index contributed by atoms with van der Waals surface area (Å²) in [7, 11) is 0. The smallest absolute Gasteiger partial charge is 0.227 e. The van der Waals surface area contributed by atoms with Crippen LogP contribution in [0.4, 0.5) is 5.82 Å². The quantitative estimate of drug-likeness (QED) is 0.878. The molecule has 2 aromatic rings. The van der Waals surface area contributed by atoms with Crippen molar-refractivity contribution in [1.82, 2.24) is 15.0 Å². The first-order valence-corrected chi connectivity index (χ1v) is 6.93. The van der Waals surface area contributed by atoms with Gasteiger partial charge in [-0.15, -0.1) is 0 Å². The van der Waals surface area contributed by atoms with E-state index in [1.54, 1.807) is 24.1 Å². The summed E-state index contributed by atoms with van der Waals surface area (Å²) in [4.78, 5) is 29.3. The van der Waals surface area contributed by atoms with Crippen LogP contribution in [0, 0.1) is 6.92 Å². The molecule has 1 N–H and O–H groups in total. The number of pyridine rings is 1. The number of carbonyl (C=O) groups excluding carboxylic acids is 2. The van der Waals surface area contributed by atoms with Crippen LogP contribution in [0.2, 0.25) is 0 Å². The van der Waals surface area contributed by atoms with Gasteiger partial charge in [0.25, 0.3) is 0 Å². The first-order valence-electron chi connectivity index (χ1n) is 6.93. The van der Waals surface area contributed by atoms with Gasteiger partial charge in [0, 0.05) is 32.2 Å². The van der Waals surface area contributed by atoms with E-state index in [4.69, 9.17) is 4.52 Å². The summed E-state index contributed by atoms with van der Waals surface area (Å²) in [5.41, 5.74) is 0.783. The topological polar surface area (TPSA) is 88.3 Å². The Hall–Kier alpha value is -2.70. The van der Waals surface area contributed by atoms with Gasteiger partial charge in [0.2, 0.25) is 11.8 Å². The van der Waals surface area contributed by atoms with Crippen molar-refractivity contribution in [3.8, 4) is 0 Å². The molecule has 0 atom stereocenters. The zero-order chi connectivity index (χ0) is 15.9. The molecule has 22 heavy (non-hydrogen) atoms. The number of anilines is 1. The Balaban J connectivity index is 1.86. The van der Waals surface area contributed by atoms with Gasteiger partial charge in [-0.1, -0.05) is 11.2 Å². The summed E-state index contributed by atoms with van der Waals surface area (Å²) in [6.45, 7) is 3.91. The lowest BCUT2D eigenvalue weighted by Crippen LogP contribution is -2.31. The first kappa shape index (κ1) is 15.7. The van der Waals surface area contributed by atoms with Gasteiger partial charge >= 0.3 is 0 Å². The highest BCUT2D eigenvalue weighted by molar-refractivity contribution is 5.90. The highest BCUT2D eigenvalue weighted by atomic mass is 16.5. The number of aryl methyl sites for hydroxylation is 1. The fourth-order valence-electron chi connectivity index (χ4n) is 1.90. The fraction of sp³-hybridized carbons (Fsp3) is 0.333. The second kappa shape index (κ2) is 7.35. The Morgan fingerprint density at radius 3 is 2.77 bits per heavy atom. The average molecular weight is 302 g/mol. The third kappa shape index (κ3) is 4.69. The van der Waals surface area contributed by atoms with Crippen molar-refractivity contribution in [2.75, 3.05) is 11.9 Å². The molecule has 0 aliphatic heterocycles. The van der Waals surface area contributed by atoms with Crippen LogP contribution in [0.25, 0.3) is 0 Å². The maximum Gasteiger partial charge on any atom is 0.227 e. The first-order chi connectivity index (χ1) is 10.5. The molecule has 116 valence electrons. The van der Waals surface area contributed by atoms with Crippen molar-refractivity contribution in [3.63, 3.8) is 0 Å². The SMILES string of the molecule is CC(=O)N(CCC(=O)Nc1cc(C)on1)Cc1ccccn1. The highest BCUT2D eigenvalue weighted by Gasteiger charge is 2.13. The van der Waals surface area contributed by atoms with E-state index in [1.807, 2.05) is 18.2 Å². The predicted octanol–water partition coefficient (Wildman–Crippen LogP) is 1.76. The second-order valence-corrected chi connectivity index (χ2v) is 4.88. The van der Waals surface area contributed by atoms with Gasteiger partial charge in [-0.05, 0) is 19.1 Å². The maximum absolute atomic E-state index is 11.9. The summed E-state index contributed by atoms with van der Waals surface area (Å²) in [6.07, 6.45) is 1.85. The van der Waals surface area contributed by atoms with E-state index in [-0.39, 0.29) is 18.2 Å². The molecule has 0 saturated carbocycles. The van der Waals surface area contributed by atoms with E-state index < -0.39 is 0 Å². The monoisotopic (exact) mass is 302 g/mol. The Bertz CT molecular complexity index is 639. The number of nitrogens with one attached hydrogen (secondary N) is 1. The van der Waals surface area contributed by atoms with E-state index in [0.717, 1.165) is 5.69 Å². The van der Waals surface area contributed by atoms with E-state index in [9.17, 15) is 9.59 Å².